The Labute approximate surface area is 77.2 Å². The predicted molar refractivity (Wildman–Crippen MR) is 46.3 cm³/mol. The van der Waals surface area contributed by atoms with Crippen LogP contribution in [-0.4, -0.2) is 41.4 Å². The van der Waals surface area contributed by atoms with E-state index in [1.165, 1.54) is 0 Å². The summed E-state index contributed by atoms with van der Waals surface area (Å²) in [5.74, 6) is 0.385. The highest BCUT2D eigenvalue weighted by atomic mass is 35.5. The van der Waals surface area contributed by atoms with E-state index in [4.69, 9.17) is 16.7 Å². The summed E-state index contributed by atoms with van der Waals surface area (Å²) in [7, 11) is 0. The topological polar surface area (TPSA) is 52.5 Å². The molecule has 3 N–H and O–H groups in total. The molecule has 3 unspecified atom stereocenters. The second kappa shape index (κ2) is 5.17. The lowest BCUT2D eigenvalue weighted by Crippen LogP contribution is -2.50. The number of piperidine rings is 1. The van der Waals surface area contributed by atoms with Gasteiger partial charge in [-0.2, -0.15) is 0 Å². The van der Waals surface area contributed by atoms with Crippen molar-refractivity contribution in [2.24, 2.45) is 5.92 Å². The van der Waals surface area contributed by atoms with Crippen LogP contribution < -0.4 is 5.32 Å². The molecule has 0 spiro atoms. The van der Waals surface area contributed by atoms with E-state index in [-0.39, 0.29) is 18.3 Å². The molecule has 1 aliphatic rings. The zero-order valence-electron chi connectivity index (χ0n) is 6.03. The summed E-state index contributed by atoms with van der Waals surface area (Å²) in [6.45, 7) is 1.16. The van der Waals surface area contributed by atoms with Crippen LogP contribution in [0.15, 0.2) is 0 Å². The molecule has 0 aromatic rings. The first-order valence-corrected chi connectivity index (χ1v) is 3.92. The fraction of sp³-hybridized carbons (Fsp3) is 1.00. The Morgan fingerprint density at radius 1 is 1.36 bits per heavy atom. The van der Waals surface area contributed by atoms with E-state index in [9.17, 15) is 5.11 Å². The van der Waals surface area contributed by atoms with Crippen LogP contribution in [0.2, 0.25) is 0 Å². The zero-order valence-corrected chi connectivity index (χ0v) is 7.61. The summed E-state index contributed by atoms with van der Waals surface area (Å²) in [5, 5.41) is 21.3. The Kier molecular flexibility index (Phi) is 5.38. The van der Waals surface area contributed by atoms with Crippen molar-refractivity contribution in [3.8, 4) is 0 Å². The minimum absolute atomic E-state index is 0. The highest BCUT2D eigenvalue weighted by Gasteiger charge is 2.29. The maximum Gasteiger partial charge on any atom is 0.0926 e. The van der Waals surface area contributed by atoms with E-state index in [0.29, 0.717) is 19.0 Å². The number of alkyl halides is 1. The second-order valence-corrected chi connectivity index (χ2v) is 2.94. The Balaban J connectivity index is 0.000001000. The molecule has 1 aliphatic heterocycles. The first-order valence-electron chi connectivity index (χ1n) is 3.38. The van der Waals surface area contributed by atoms with Crippen LogP contribution in [0.3, 0.4) is 0 Å². The lowest BCUT2D eigenvalue weighted by atomic mass is 9.96. The Morgan fingerprint density at radius 2 is 2.00 bits per heavy atom. The van der Waals surface area contributed by atoms with Crippen molar-refractivity contribution in [1.29, 1.82) is 0 Å². The molecule has 1 heterocycles. The van der Waals surface area contributed by atoms with Gasteiger partial charge in [0.1, 0.15) is 0 Å². The van der Waals surface area contributed by atoms with E-state index in [1.807, 2.05) is 0 Å². The minimum Gasteiger partial charge on any atom is -0.390 e. The summed E-state index contributed by atoms with van der Waals surface area (Å²) in [6, 6.07) is 0. The average Bonchev–Trinajstić information content (AvgIpc) is 1.95. The number of aliphatic hydroxyl groups excluding tert-OH is 2. The Hall–Kier alpha value is 0.460. The van der Waals surface area contributed by atoms with Crippen LogP contribution in [0.4, 0.5) is 0 Å². The first kappa shape index (κ1) is 11.5. The molecule has 0 aliphatic carbocycles. The number of hydrogen-bond donors (Lipinski definition) is 3. The third-order valence-corrected chi connectivity index (χ3v) is 2.23. The van der Waals surface area contributed by atoms with E-state index in [1.54, 1.807) is 0 Å². The van der Waals surface area contributed by atoms with Crippen LogP contribution >= 0.6 is 24.0 Å². The van der Waals surface area contributed by atoms with E-state index < -0.39 is 12.2 Å². The normalized spacial score (nSPS) is 37.9. The quantitative estimate of drug-likeness (QED) is 0.506. The number of β-amino-alcohol motifs (C(OH)–C–C–N with tert-alkyl or cyclic N) is 1. The van der Waals surface area contributed by atoms with Crippen LogP contribution in [0.5, 0.6) is 0 Å². The Morgan fingerprint density at radius 3 is 2.45 bits per heavy atom. The lowest BCUT2D eigenvalue weighted by Gasteiger charge is -2.30. The lowest BCUT2D eigenvalue weighted by molar-refractivity contribution is -0.0285. The number of hydrogen-bond acceptors (Lipinski definition) is 3. The van der Waals surface area contributed by atoms with E-state index in [0.717, 1.165) is 0 Å². The standard InChI is InChI=1S/C6H12ClNO2.ClH/c7-1-4-2-8-3-5(9)6(4)10;/h4-6,8-10H,1-3H2;1H. The van der Waals surface area contributed by atoms with Crippen molar-refractivity contribution in [3.63, 3.8) is 0 Å². The summed E-state index contributed by atoms with van der Waals surface area (Å²) < 4.78 is 0. The smallest absolute Gasteiger partial charge is 0.0926 e. The molecule has 5 heteroatoms. The van der Waals surface area contributed by atoms with Crippen molar-refractivity contribution in [1.82, 2.24) is 5.32 Å². The average molecular weight is 202 g/mol. The van der Waals surface area contributed by atoms with Gasteiger partial charge in [0.15, 0.2) is 0 Å². The molecule has 1 fully saturated rings. The molecule has 11 heavy (non-hydrogen) atoms. The van der Waals surface area contributed by atoms with Gasteiger partial charge in [-0.1, -0.05) is 0 Å². The molecule has 0 aromatic heterocycles. The summed E-state index contributed by atoms with van der Waals surface area (Å²) in [5.41, 5.74) is 0. The third-order valence-electron chi connectivity index (χ3n) is 1.84. The Bertz CT molecular complexity index is 115. The number of rotatable bonds is 1. The monoisotopic (exact) mass is 201 g/mol. The fourth-order valence-electron chi connectivity index (χ4n) is 1.12. The largest absolute Gasteiger partial charge is 0.390 e. The molecule has 0 aromatic carbocycles. The molecular formula is C6H13Cl2NO2. The molecule has 1 rings (SSSR count). The highest BCUT2D eigenvalue weighted by molar-refractivity contribution is 6.18. The van der Waals surface area contributed by atoms with Gasteiger partial charge >= 0.3 is 0 Å². The van der Waals surface area contributed by atoms with E-state index >= 15 is 0 Å². The molecule has 0 bridgehead atoms. The molecule has 3 atom stereocenters. The van der Waals surface area contributed by atoms with Gasteiger partial charge in [0, 0.05) is 24.9 Å². The molecular weight excluding hydrogens is 189 g/mol. The molecule has 0 saturated carbocycles. The number of nitrogens with one attached hydrogen (secondary N) is 1. The maximum atomic E-state index is 9.26. The van der Waals surface area contributed by atoms with Gasteiger partial charge in [-0.15, -0.1) is 24.0 Å². The number of aliphatic hydroxyl groups is 2. The second-order valence-electron chi connectivity index (χ2n) is 2.63. The zero-order chi connectivity index (χ0) is 7.56. The van der Waals surface area contributed by atoms with Crippen molar-refractivity contribution < 1.29 is 10.2 Å². The van der Waals surface area contributed by atoms with Gasteiger partial charge in [0.05, 0.1) is 12.2 Å². The summed E-state index contributed by atoms with van der Waals surface area (Å²) in [6.07, 6.45) is -1.31. The molecule has 0 radical (unpaired) electrons. The SMILES string of the molecule is Cl.OC1CNCC(CCl)C1O. The van der Waals surface area contributed by atoms with Gasteiger partial charge < -0.3 is 15.5 Å². The number of halogens is 2. The van der Waals surface area contributed by atoms with Crippen LogP contribution in [0, 0.1) is 5.92 Å². The third kappa shape index (κ3) is 2.76. The van der Waals surface area contributed by atoms with Crippen molar-refractivity contribution >= 4 is 24.0 Å². The van der Waals surface area contributed by atoms with Crippen LogP contribution in [0.25, 0.3) is 0 Å². The summed E-state index contributed by atoms with van der Waals surface area (Å²) >= 11 is 5.53. The van der Waals surface area contributed by atoms with Crippen LogP contribution in [0.1, 0.15) is 0 Å². The molecule has 68 valence electrons. The highest BCUT2D eigenvalue weighted by Crippen LogP contribution is 2.12. The summed E-state index contributed by atoms with van der Waals surface area (Å²) in [4.78, 5) is 0. The first-order chi connectivity index (χ1) is 4.75. The molecule has 0 amide bonds. The fourth-order valence-corrected chi connectivity index (χ4v) is 1.41. The van der Waals surface area contributed by atoms with Gasteiger partial charge in [-0.05, 0) is 0 Å². The van der Waals surface area contributed by atoms with Crippen LogP contribution in [-0.2, 0) is 0 Å². The van der Waals surface area contributed by atoms with Crippen molar-refractivity contribution in [2.75, 3.05) is 19.0 Å². The van der Waals surface area contributed by atoms with Gasteiger partial charge in [0.2, 0.25) is 0 Å². The van der Waals surface area contributed by atoms with Gasteiger partial charge in [-0.3, -0.25) is 0 Å². The minimum atomic E-state index is -0.655. The van der Waals surface area contributed by atoms with Gasteiger partial charge in [0.25, 0.3) is 0 Å². The maximum absolute atomic E-state index is 9.26. The van der Waals surface area contributed by atoms with Gasteiger partial charge in [-0.25, -0.2) is 0 Å². The predicted octanol–water partition coefficient (Wildman–Crippen LogP) is -0.412. The molecule has 1 saturated heterocycles. The molecule has 3 nitrogen and oxygen atoms in total. The van der Waals surface area contributed by atoms with Crippen molar-refractivity contribution in [3.05, 3.63) is 0 Å². The van der Waals surface area contributed by atoms with Crippen molar-refractivity contribution in [2.45, 2.75) is 12.2 Å². The van der Waals surface area contributed by atoms with E-state index in [2.05, 4.69) is 5.32 Å².